The molecule has 0 saturated heterocycles. The highest BCUT2D eigenvalue weighted by atomic mass is 16.5. The molecule has 0 saturated carbocycles. The van der Waals surface area contributed by atoms with Gasteiger partial charge in [-0.1, -0.05) is 6.07 Å². The third kappa shape index (κ3) is 1.35. The van der Waals surface area contributed by atoms with E-state index in [1.807, 2.05) is 19.1 Å². The van der Waals surface area contributed by atoms with Crippen molar-refractivity contribution in [1.29, 1.82) is 0 Å². The molecule has 0 unspecified atom stereocenters. The maximum Gasteiger partial charge on any atom is 0.394 e. The lowest BCUT2D eigenvalue weighted by Crippen LogP contribution is -2.00. The summed E-state index contributed by atoms with van der Waals surface area (Å²) in [5.41, 5.74) is 2.34. The summed E-state index contributed by atoms with van der Waals surface area (Å²) in [6.45, 7) is 1.95. The standard InChI is InChI=1S/C10H9NO3/c1-6-3-4-8-7(5-6)11-9(14-8)10(12)13-2/h3-5H,1-2H3. The van der Waals surface area contributed by atoms with Crippen LogP contribution < -0.4 is 0 Å². The first-order chi connectivity index (χ1) is 6.70. The lowest BCUT2D eigenvalue weighted by atomic mass is 10.2. The minimum atomic E-state index is -0.557. The van der Waals surface area contributed by atoms with Crippen LogP contribution in [-0.2, 0) is 4.74 Å². The van der Waals surface area contributed by atoms with E-state index in [4.69, 9.17) is 4.42 Å². The first kappa shape index (κ1) is 8.74. The number of fused-ring (bicyclic) bond motifs is 1. The van der Waals surface area contributed by atoms with Crippen LogP contribution in [0.15, 0.2) is 22.6 Å². The number of esters is 1. The summed E-state index contributed by atoms with van der Waals surface area (Å²) in [5, 5.41) is 0. The van der Waals surface area contributed by atoms with E-state index >= 15 is 0 Å². The molecule has 0 spiro atoms. The van der Waals surface area contributed by atoms with Gasteiger partial charge in [-0.25, -0.2) is 9.78 Å². The summed E-state index contributed by atoms with van der Waals surface area (Å²) < 4.78 is 9.69. The van der Waals surface area contributed by atoms with Crippen LogP contribution in [0.1, 0.15) is 16.2 Å². The average molecular weight is 191 g/mol. The number of carbonyl (C=O) groups is 1. The van der Waals surface area contributed by atoms with E-state index in [1.165, 1.54) is 7.11 Å². The molecule has 72 valence electrons. The zero-order valence-electron chi connectivity index (χ0n) is 7.90. The van der Waals surface area contributed by atoms with Gasteiger partial charge in [-0.05, 0) is 24.6 Å². The number of benzene rings is 1. The van der Waals surface area contributed by atoms with Crippen molar-refractivity contribution in [2.24, 2.45) is 0 Å². The molecule has 0 atom stereocenters. The molecule has 1 aromatic carbocycles. The summed E-state index contributed by atoms with van der Waals surface area (Å²) in [4.78, 5) is 15.1. The van der Waals surface area contributed by atoms with Crippen molar-refractivity contribution in [2.75, 3.05) is 7.11 Å². The van der Waals surface area contributed by atoms with Gasteiger partial charge >= 0.3 is 11.9 Å². The van der Waals surface area contributed by atoms with Gasteiger partial charge in [-0.15, -0.1) is 0 Å². The number of methoxy groups -OCH3 is 1. The average Bonchev–Trinajstić information content (AvgIpc) is 2.59. The molecule has 0 radical (unpaired) electrons. The van der Waals surface area contributed by atoms with Crippen molar-refractivity contribution < 1.29 is 13.9 Å². The molecular weight excluding hydrogens is 182 g/mol. The Kier molecular flexibility index (Phi) is 1.96. The van der Waals surface area contributed by atoms with Crippen LogP contribution in [0.2, 0.25) is 0 Å². The molecule has 0 amide bonds. The number of aryl methyl sites for hydroxylation is 1. The molecule has 4 heteroatoms. The van der Waals surface area contributed by atoms with Gasteiger partial charge in [0, 0.05) is 0 Å². The summed E-state index contributed by atoms with van der Waals surface area (Å²) in [6, 6.07) is 5.53. The monoisotopic (exact) mass is 191 g/mol. The molecule has 1 aromatic heterocycles. The minimum absolute atomic E-state index is 0.00639. The quantitative estimate of drug-likeness (QED) is 0.646. The van der Waals surface area contributed by atoms with Gasteiger partial charge in [-0.2, -0.15) is 0 Å². The van der Waals surface area contributed by atoms with Crippen molar-refractivity contribution in [2.45, 2.75) is 6.92 Å². The van der Waals surface area contributed by atoms with E-state index in [1.54, 1.807) is 6.07 Å². The first-order valence-electron chi connectivity index (χ1n) is 4.16. The molecular formula is C10H9NO3. The first-order valence-corrected chi connectivity index (χ1v) is 4.16. The van der Waals surface area contributed by atoms with Crippen LogP contribution in [0, 0.1) is 6.92 Å². The second-order valence-corrected chi connectivity index (χ2v) is 2.98. The van der Waals surface area contributed by atoms with Crippen LogP contribution in [0.4, 0.5) is 0 Å². The molecule has 1 heterocycles. The van der Waals surface area contributed by atoms with Crippen molar-refractivity contribution in [3.63, 3.8) is 0 Å². The normalized spacial score (nSPS) is 10.4. The number of ether oxygens (including phenoxy) is 1. The van der Waals surface area contributed by atoms with Crippen molar-refractivity contribution in [1.82, 2.24) is 4.98 Å². The van der Waals surface area contributed by atoms with Crippen LogP contribution in [0.5, 0.6) is 0 Å². The molecule has 0 N–H and O–H groups in total. The van der Waals surface area contributed by atoms with E-state index in [0.717, 1.165) is 5.56 Å². The van der Waals surface area contributed by atoms with Gasteiger partial charge in [0.2, 0.25) is 0 Å². The summed E-state index contributed by atoms with van der Waals surface area (Å²) >= 11 is 0. The van der Waals surface area contributed by atoms with Gasteiger partial charge in [-0.3, -0.25) is 0 Å². The zero-order valence-corrected chi connectivity index (χ0v) is 7.90. The lowest BCUT2D eigenvalue weighted by Gasteiger charge is -1.88. The van der Waals surface area contributed by atoms with Crippen LogP contribution in [0.3, 0.4) is 0 Å². The zero-order chi connectivity index (χ0) is 10.1. The summed E-state index contributed by atoms with van der Waals surface area (Å²) in [7, 11) is 1.29. The van der Waals surface area contributed by atoms with E-state index in [9.17, 15) is 4.79 Å². The molecule has 0 aliphatic carbocycles. The van der Waals surface area contributed by atoms with Gasteiger partial charge in [0.1, 0.15) is 5.52 Å². The Hall–Kier alpha value is -1.84. The molecule has 2 aromatic rings. The van der Waals surface area contributed by atoms with Gasteiger partial charge in [0.05, 0.1) is 7.11 Å². The molecule has 14 heavy (non-hydrogen) atoms. The lowest BCUT2D eigenvalue weighted by molar-refractivity contribution is 0.0559. The Morgan fingerprint density at radius 1 is 1.50 bits per heavy atom. The van der Waals surface area contributed by atoms with E-state index < -0.39 is 5.97 Å². The Balaban J connectivity index is 2.56. The number of aromatic nitrogens is 1. The highest BCUT2D eigenvalue weighted by molar-refractivity contribution is 5.88. The SMILES string of the molecule is COC(=O)c1nc2cc(C)ccc2o1. The minimum Gasteiger partial charge on any atom is -0.462 e. The molecule has 2 rings (SSSR count). The number of hydrogen-bond acceptors (Lipinski definition) is 4. The smallest absolute Gasteiger partial charge is 0.394 e. The molecule has 4 nitrogen and oxygen atoms in total. The van der Waals surface area contributed by atoms with Gasteiger partial charge < -0.3 is 9.15 Å². The maximum atomic E-state index is 11.1. The predicted molar refractivity (Wildman–Crippen MR) is 50.1 cm³/mol. The third-order valence-corrected chi connectivity index (χ3v) is 1.90. The maximum absolute atomic E-state index is 11.1. The summed E-state index contributed by atoms with van der Waals surface area (Å²) in [5.74, 6) is -0.563. The number of carbonyl (C=O) groups excluding carboxylic acids is 1. The highest BCUT2D eigenvalue weighted by Gasteiger charge is 2.13. The van der Waals surface area contributed by atoms with E-state index in [0.29, 0.717) is 11.1 Å². The molecule has 0 aliphatic rings. The Morgan fingerprint density at radius 2 is 2.29 bits per heavy atom. The van der Waals surface area contributed by atoms with Crippen LogP contribution in [0.25, 0.3) is 11.1 Å². The fourth-order valence-corrected chi connectivity index (χ4v) is 1.21. The van der Waals surface area contributed by atoms with Crippen LogP contribution in [-0.4, -0.2) is 18.1 Å². The predicted octanol–water partition coefficient (Wildman–Crippen LogP) is 1.92. The fourth-order valence-electron chi connectivity index (χ4n) is 1.21. The van der Waals surface area contributed by atoms with E-state index in [2.05, 4.69) is 9.72 Å². The topological polar surface area (TPSA) is 52.3 Å². The largest absolute Gasteiger partial charge is 0.462 e. The highest BCUT2D eigenvalue weighted by Crippen LogP contribution is 2.17. The number of nitrogens with zero attached hydrogens (tertiary/aromatic N) is 1. The number of rotatable bonds is 1. The number of oxazole rings is 1. The van der Waals surface area contributed by atoms with Gasteiger partial charge in [0.25, 0.3) is 0 Å². The molecule has 0 aliphatic heterocycles. The fraction of sp³-hybridized carbons (Fsp3) is 0.200. The molecule has 0 fully saturated rings. The Morgan fingerprint density at radius 3 is 3.00 bits per heavy atom. The Labute approximate surface area is 80.5 Å². The van der Waals surface area contributed by atoms with Crippen molar-refractivity contribution in [3.05, 3.63) is 29.7 Å². The molecule has 0 bridgehead atoms. The second-order valence-electron chi connectivity index (χ2n) is 2.98. The van der Waals surface area contributed by atoms with Crippen molar-refractivity contribution >= 4 is 17.1 Å². The Bertz CT molecular complexity index is 487. The summed E-state index contributed by atoms with van der Waals surface area (Å²) in [6.07, 6.45) is 0. The number of hydrogen-bond donors (Lipinski definition) is 0. The van der Waals surface area contributed by atoms with Crippen molar-refractivity contribution in [3.8, 4) is 0 Å². The third-order valence-electron chi connectivity index (χ3n) is 1.90. The van der Waals surface area contributed by atoms with Gasteiger partial charge in [0.15, 0.2) is 5.58 Å². The second kappa shape index (κ2) is 3.14. The van der Waals surface area contributed by atoms with E-state index in [-0.39, 0.29) is 5.89 Å². The van der Waals surface area contributed by atoms with Crippen LogP contribution >= 0.6 is 0 Å².